The lowest BCUT2D eigenvalue weighted by Crippen LogP contribution is -2.30. The Kier molecular flexibility index (Phi) is 3.25. The quantitative estimate of drug-likeness (QED) is 0.556. The minimum atomic E-state index is -0.134. The maximum atomic E-state index is 5.86. The zero-order chi connectivity index (χ0) is 14.1. The molecule has 1 atom stereocenters. The topological polar surface area (TPSA) is 81.9 Å². The van der Waals surface area contributed by atoms with E-state index in [1.165, 1.54) is 11.9 Å². The highest BCUT2D eigenvalue weighted by molar-refractivity contribution is 5.78. The number of nitrogens with two attached hydrogens (primary N) is 1. The van der Waals surface area contributed by atoms with Crippen molar-refractivity contribution >= 4 is 11.0 Å². The maximum absolute atomic E-state index is 5.86. The third-order valence-electron chi connectivity index (χ3n) is 3.43. The average Bonchev–Trinajstić information content (AvgIpc) is 3.01. The van der Waals surface area contributed by atoms with Crippen LogP contribution in [-0.4, -0.2) is 14.8 Å². The Morgan fingerprint density at radius 3 is 2.95 bits per heavy atom. The summed E-state index contributed by atoms with van der Waals surface area (Å²) in [5.41, 5.74) is 4.85. The van der Waals surface area contributed by atoms with Gasteiger partial charge in [-0.25, -0.2) is 10.4 Å². The molecule has 0 saturated carbocycles. The normalized spacial score (nSPS) is 12.9. The third-order valence-corrected chi connectivity index (χ3v) is 3.43. The summed E-state index contributed by atoms with van der Waals surface area (Å²) in [7, 11) is 1.86. The number of hydrazine groups is 1. The summed E-state index contributed by atoms with van der Waals surface area (Å²) in [5.74, 6) is 7.31. The lowest BCUT2D eigenvalue weighted by atomic mass is 10.1. The van der Waals surface area contributed by atoms with E-state index in [1.807, 2.05) is 25.2 Å². The Morgan fingerprint density at radius 1 is 1.40 bits per heavy atom. The molecular weight excluding hydrogens is 254 g/mol. The molecule has 3 aromatic rings. The smallest absolute Gasteiger partial charge is 0.138 e. The molecule has 6 heteroatoms. The first-order valence-electron chi connectivity index (χ1n) is 6.46. The summed E-state index contributed by atoms with van der Waals surface area (Å²) >= 11 is 0. The molecule has 3 rings (SSSR count). The lowest BCUT2D eigenvalue weighted by molar-refractivity contribution is 0.424. The molecule has 0 aliphatic carbocycles. The van der Waals surface area contributed by atoms with Gasteiger partial charge in [0.2, 0.25) is 0 Å². The van der Waals surface area contributed by atoms with Crippen LogP contribution in [0.15, 0.2) is 35.0 Å². The van der Waals surface area contributed by atoms with E-state index in [0.29, 0.717) is 6.42 Å². The van der Waals surface area contributed by atoms with Crippen LogP contribution in [0.2, 0.25) is 0 Å². The van der Waals surface area contributed by atoms with Crippen molar-refractivity contribution in [3.8, 4) is 0 Å². The molecule has 6 nitrogen and oxygen atoms in total. The highest BCUT2D eigenvalue weighted by Crippen LogP contribution is 2.26. The zero-order valence-electron chi connectivity index (χ0n) is 11.5. The van der Waals surface area contributed by atoms with Gasteiger partial charge in [0, 0.05) is 18.9 Å². The first-order chi connectivity index (χ1) is 9.67. The number of benzene rings is 1. The highest BCUT2D eigenvalue weighted by atomic mass is 16.3. The van der Waals surface area contributed by atoms with Gasteiger partial charge >= 0.3 is 0 Å². The second-order valence-electron chi connectivity index (χ2n) is 4.91. The summed E-state index contributed by atoms with van der Waals surface area (Å²) in [4.78, 5) is 4.21. The van der Waals surface area contributed by atoms with E-state index in [9.17, 15) is 0 Å². The molecule has 0 fully saturated rings. The minimum absolute atomic E-state index is 0.134. The van der Waals surface area contributed by atoms with Crippen molar-refractivity contribution in [1.82, 2.24) is 20.2 Å². The molecule has 1 aromatic carbocycles. The number of rotatable bonds is 4. The van der Waals surface area contributed by atoms with E-state index >= 15 is 0 Å². The first-order valence-corrected chi connectivity index (χ1v) is 6.46. The van der Waals surface area contributed by atoms with Gasteiger partial charge < -0.3 is 4.42 Å². The Balaban J connectivity index is 1.92. The van der Waals surface area contributed by atoms with E-state index < -0.39 is 0 Å². The van der Waals surface area contributed by atoms with Crippen LogP contribution in [0.25, 0.3) is 11.0 Å². The second-order valence-corrected chi connectivity index (χ2v) is 4.91. The molecule has 3 N–H and O–H groups in total. The van der Waals surface area contributed by atoms with E-state index in [0.717, 1.165) is 22.6 Å². The third kappa shape index (κ3) is 2.31. The molecule has 0 spiro atoms. The Labute approximate surface area is 116 Å². The molecule has 0 bridgehead atoms. The van der Waals surface area contributed by atoms with Crippen molar-refractivity contribution in [2.24, 2.45) is 12.9 Å². The summed E-state index contributed by atoms with van der Waals surface area (Å²) in [6.45, 7) is 2.06. The fourth-order valence-electron chi connectivity index (χ4n) is 2.28. The van der Waals surface area contributed by atoms with Gasteiger partial charge in [-0.05, 0) is 25.1 Å². The predicted molar refractivity (Wildman–Crippen MR) is 75.7 cm³/mol. The van der Waals surface area contributed by atoms with Crippen molar-refractivity contribution in [1.29, 1.82) is 0 Å². The van der Waals surface area contributed by atoms with Crippen molar-refractivity contribution in [3.05, 3.63) is 47.7 Å². The number of nitrogens with zero attached hydrogens (tertiary/aromatic N) is 3. The van der Waals surface area contributed by atoms with Gasteiger partial charge in [0.1, 0.15) is 23.5 Å². The Morgan fingerprint density at radius 2 is 2.25 bits per heavy atom. The van der Waals surface area contributed by atoms with E-state index in [4.69, 9.17) is 10.3 Å². The fraction of sp³-hybridized carbons (Fsp3) is 0.286. The number of aromatic nitrogens is 3. The zero-order valence-corrected chi connectivity index (χ0v) is 11.5. The number of fused-ring (bicyclic) bond motifs is 1. The molecular formula is C14H17N5O. The van der Waals surface area contributed by atoms with E-state index in [2.05, 4.69) is 28.5 Å². The molecule has 0 radical (unpaired) electrons. The summed E-state index contributed by atoms with van der Waals surface area (Å²) in [6.07, 6.45) is 2.15. The lowest BCUT2D eigenvalue weighted by Gasteiger charge is -2.12. The van der Waals surface area contributed by atoms with Gasteiger partial charge in [0.15, 0.2) is 0 Å². The largest absolute Gasteiger partial charge is 0.459 e. The second kappa shape index (κ2) is 5.07. The van der Waals surface area contributed by atoms with Gasteiger partial charge in [-0.3, -0.25) is 10.5 Å². The van der Waals surface area contributed by atoms with Crippen LogP contribution in [0.5, 0.6) is 0 Å². The summed E-state index contributed by atoms with van der Waals surface area (Å²) in [5, 5.41) is 5.14. The number of hydrogen-bond donors (Lipinski definition) is 2. The molecule has 2 aromatic heterocycles. The Hall–Kier alpha value is -2.18. The number of hydrogen-bond acceptors (Lipinski definition) is 5. The van der Waals surface area contributed by atoms with Gasteiger partial charge in [-0.2, -0.15) is 5.10 Å². The van der Waals surface area contributed by atoms with Crippen LogP contribution in [0.1, 0.15) is 23.2 Å². The molecule has 1 unspecified atom stereocenters. The van der Waals surface area contributed by atoms with Crippen molar-refractivity contribution in [3.63, 3.8) is 0 Å². The molecule has 20 heavy (non-hydrogen) atoms. The van der Waals surface area contributed by atoms with Gasteiger partial charge in [0.25, 0.3) is 0 Å². The molecule has 0 saturated heterocycles. The maximum Gasteiger partial charge on any atom is 0.138 e. The molecule has 2 heterocycles. The predicted octanol–water partition coefficient (Wildman–Crippen LogP) is 1.62. The van der Waals surface area contributed by atoms with Crippen LogP contribution < -0.4 is 11.3 Å². The first kappa shape index (κ1) is 12.8. The van der Waals surface area contributed by atoms with Crippen LogP contribution >= 0.6 is 0 Å². The van der Waals surface area contributed by atoms with Crippen molar-refractivity contribution in [2.75, 3.05) is 0 Å². The number of aryl methyl sites for hydroxylation is 2. The van der Waals surface area contributed by atoms with Gasteiger partial charge in [-0.15, -0.1) is 0 Å². The molecule has 0 aliphatic rings. The van der Waals surface area contributed by atoms with Gasteiger partial charge in [0.05, 0.1) is 6.04 Å². The average molecular weight is 271 g/mol. The van der Waals surface area contributed by atoms with Gasteiger partial charge in [-0.1, -0.05) is 11.6 Å². The van der Waals surface area contributed by atoms with Crippen molar-refractivity contribution < 1.29 is 4.42 Å². The molecule has 0 aliphatic heterocycles. The SMILES string of the molecule is Cc1ccc2oc(C(Cc3ncnn3C)NN)cc2c1. The summed E-state index contributed by atoms with van der Waals surface area (Å²) in [6, 6.07) is 7.99. The fourth-order valence-corrected chi connectivity index (χ4v) is 2.28. The highest BCUT2D eigenvalue weighted by Gasteiger charge is 2.18. The summed E-state index contributed by atoms with van der Waals surface area (Å²) < 4.78 is 7.60. The monoisotopic (exact) mass is 271 g/mol. The molecule has 104 valence electrons. The van der Waals surface area contributed by atoms with Crippen LogP contribution in [-0.2, 0) is 13.5 Å². The van der Waals surface area contributed by atoms with Crippen LogP contribution in [0, 0.1) is 6.92 Å². The van der Waals surface area contributed by atoms with Crippen LogP contribution in [0.3, 0.4) is 0 Å². The van der Waals surface area contributed by atoms with Crippen molar-refractivity contribution in [2.45, 2.75) is 19.4 Å². The molecule has 0 amide bonds. The van der Waals surface area contributed by atoms with E-state index in [1.54, 1.807) is 4.68 Å². The van der Waals surface area contributed by atoms with E-state index in [-0.39, 0.29) is 6.04 Å². The standard InChI is InChI=1S/C14H17N5O/c1-9-3-4-12-10(5-9)6-13(20-12)11(18-15)7-14-16-8-17-19(14)2/h3-6,8,11,18H,7,15H2,1-2H3. The van der Waals surface area contributed by atoms with Crippen LogP contribution in [0.4, 0.5) is 0 Å². The number of furan rings is 1. The Bertz CT molecular complexity index is 730. The minimum Gasteiger partial charge on any atom is -0.459 e. The number of nitrogens with one attached hydrogen (secondary N) is 1.